The molecule has 3 nitrogen and oxygen atoms in total. The minimum Gasteiger partial charge on any atom is -0.436 e. The molecular formula is C10H16INO2. The second-order valence-electron chi connectivity index (χ2n) is 3.89. The van der Waals surface area contributed by atoms with Crippen LogP contribution in [0.2, 0.25) is 0 Å². The van der Waals surface area contributed by atoms with Gasteiger partial charge in [0.15, 0.2) is 4.11 Å². The van der Waals surface area contributed by atoms with Crippen LogP contribution in [0.4, 0.5) is 4.79 Å². The highest BCUT2D eigenvalue weighted by Crippen LogP contribution is 2.15. The van der Waals surface area contributed by atoms with Crippen LogP contribution in [0.1, 0.15) is 27.7 Å². The van der Waals surface area contributed by atoms with Gasteiger partial charge in [-0.2, -0.15) is 0 Å². The zero-order valence-corrected chi connectivity index (χ0v) is 11.2. The maximum Gasteiger partial charge on any atom is 0.412 e. The Morgan fingerprint density at radius 2 is 2.14 bits per heavy atom. The van der Waals surface area contributed by atoms with E-state index < -0.39 is 0 Å². The van der Waals surface area contributed by atoms with Crippen molar-refractivity contribution in [2.24, 2.45) is 0 Å². The zero-order chi connectivity index (χ0) is 11.4. The molecule has 4 heteroatoms. The van der Waals surface area contributed by atoms with Crippen molar-refractivity contribution < 1.29 is 9.53 Å². The molecule has 1 atom stereocenters. The van der Waals surface area contributed by atoms with Crippen molar-refractivity contribution >= 4 is 28.7 Å². The van der Waals surface area contributed by atoms with Gasteiger partial charge in [0.1, 0.15) is 0 Å². The lowest BCUT2D eigenvalue weighted by atomic mass is 10.1. The van der Waals surface area contributed by atoms with Gasteiger partial charge in [-0.25, -0.2) is 4.79 Å². The third-order valence-corrected chi connectivity index (χ3v) is 1.80. The molecule has 0 aliphatic heterocycles. The molecule has 0 aliphatic carbocycles. The number of carbonyl (C=O) groups excluding carboxylic acids is 1. The van der Waals surface area contributed by atoms with E-state index in [2.05, 4.69) is 5.92 Å². The highest BCUT2D eigenvalue weighted by molar-refractivity contribution is 14.1. The second kappa shape index (κ2) is 5.44. The van der Waals surface area contributed by atoms with E-state index in [0.717, 1.165) is 0 Å². The molecule has 14 heavy (non-hydrogen) atoms. The minimum atomic E-state index is -0.364. The largest absolute Gasteiger partial charge is 0.436 e. The quantitative estimate of drug-likeness (QED) is 0.446. The number of terminal acetylenes is 1. The van der Waals surface area contributed by atoms with E-state index in [0.29, 0.717) is 0 Å². The summed E-state index contributed by atoms with van der Waals surface area (Å²) in [5, 5.41) is 0. The molecular weight excluding hydrogens is 293 g/mol. The summed E-state index contributed by atoms with van der Waals surface area (Å²) in [4.78, 5) is 13.1. The number of amides is 1. The number of rotatable bonds is 2. The molecule has 0 aromatic carbocycles. The van der Waals surface area contributed by atoms with E-state index >= 15 is 0 Å². The first-order valence-electron chi connectivity index (χ1n) is 4.35. The number of nitrogens with zero attached hydrogens (tertiary/aromatic N) is 1. The third kappa shape index (κ3) is 4.70. The van der Waals surface area contributed by atoms with Crippen LogP contribution in [0.3, 0.4) is 0 Å². The van der Waals surface area contributed by atoms with Gasteiger partial charge in [-0.05, 0) is 50.3 Å². The first kappa shape index (κ1) is 13.6. The van der Waals surface area contributed by atoms with E-state index in [9.17, 15) is 4.79 Å². The molecule has 1 unspecified atom stereocenters. The number of alkyl halides is 1. The van der Waals surface area contributed by atoms with Gasteiger partial charge in [-0.15, -0.1) is 6.42 Å². The van der Waals surface area contributed by atoms with Crippen LogP contribution in [0.15, 0.2) is 0 Å². The second-order valence-corrected chi connectivity index (χ2v) is 5.64. The number of hydrogen-bond donors (Lipinski definition) is 0. The topological polar surface area (TPSA) is 29.5 Å². The van der Waals surface area contributed by atoms with Crippen LogP contribution in [0, 0.1) is 12.3 Å². The number of ether oxygens (including phenoxy) is 1. The Labute approximate surface area is 99.3 Å². The monoisotopic (exact) mass is 309 g/mol. The first-order chi connectivity index (χ1) is 6.29. The normalized spacial score (nSPS) is 12.9. The van der Waals surface area contributed by atoms with Crippen molar-refractivity contribution in [1.29, 1.82) is 0 Å². The van der Waals surface area contributed by atoms with Gasteiger partial charge < -0.3 is 4.74 Å². The molecule has 0 N–H and O–H groups in total. The Morgan fingerprint density at radius 1 is 1.64 bits per heavy atom. The molecule has 1 amide bonds. The molecule has 0 aromatic heterocycles. The summed E-state index contributed by atoms with van der Waals surface area (Å²) in [6.07, 6.45) is 4.83. The fraction of sp³-hybridized carbons (Fsp3) is 0.700. The Kier molecular flexibility index (Phi) is 5.27. The summed E-state index contributed by atoms with van der Waals surface area (Å²) in [5.74, 6) is 2.45. The van der Waals surface area contributed by atoms with Gasteiger partial charge in [0.05, 0.1) is 6.54 Å². The number of halogens is 1. The van der Waals surface area contributed by atoms with Gasteiger partial charge in [-0.1, -0.05) is 5.92 Å². The molecule has 0 bridgehead atoms. The maximum absolute atomic E-state index is 11.6. The average molecular weight is 309 g/mol. The lowest BCUT2D eigenvalue weighted by Crippen LogP contribution is -2.46. The summed E-state index contributed by atoms with van der Waals surface area (Å²) in [7, 11) is 0. The van der Waals surface area contributed by atoms with Gasteiger partial charge in [0.25, 0.3) is 0 Å². The molecule has 0 spiro atoms. The Hall–Kier alpha value is -0.440. The molecule has 0 aromatic rings. The van der Waals surface area contributed by atoms with Gasteiger partial charge in [0, 0.05) is 5.54 Å². The Balaban J connectivity index is 4.52. The highest BCUT2D eigenvalue weighted by atomic mass is 127. The van der Waals surface area contributed by atoms with Crippen molar-refractivity contribution in [1.82, 2.24) is 4.90 Å². The molecule has 80 valence electrons. The molecule has 0 rings (SSSR count). The van der Waals surface area contributed by atoms with E-state index in [1.54, 1.807) is 6.92 Å². The average Bonchev–Trinajstić information content (AvgIpc) is 1.96. The van der Waals surface area contributed by atoms with Crippen LogP contribution in [-0.4, -0.2) is 27.2 Å². The van der Waals surface area contributed by atoms with Crippen LogP contribution in [0.25, 0.3) is 0 Å². The van der Waals surface area contributed by atoms with Crippen LogP contribution in [0.5, 0.6) is 0 Å². The maximum atomic E-state index is 11.6. The van der Waals surface area contributed by atoms with Crippen molar-refractivity contribution in [3.63, 3.8) is 0 Å². The summed E-state index contributed by atoms with van der Waals surface area (Å²) in [6, 6.07) is 0. The van der Waals surface area contributed by atoms with E-state index in [1.807, 2.05) is 43.4 Å². The van der Waals surface area contributed by atoms with Crippen molar-refractivity contribution in [2.75, 3.05) is 6.54 Å². The molecule has 0 heterocycles. The zero-order valence-electron chi connectivity index (χ0n) is 9.00. The predicted octanol–water partition coefficient (Wildman–Crippen LogP) is 2.64. The standard InChI is InChI=1S/C10H16INO2/c1-6-7-12(10(3,4)5)9(13)14-8(2)11/h1,8H,7H2,2-5H3. The fourth-order valence-corrected chi connectivity index (χ4v) is 1.09. The van der Waals surface area contributed by atoms with E-state index in [4.69, 9.17) is 11.2 Å². The van der Waals surface area contributed by atoms with Gasteiger partial charge in [-0.3, -0.25) is 4.90 Å². The van der Waals surface area contributed by atoms with Crippen LogP contribution >= 0.6 is 22.6 Å². The summed E-state index contributed by atoms with van der Waals surface area (Å²) < 4.78 is 4.92. The number of carbonyl (C=O) groups is 1. The number of hydrogen-bond acceptors (Lipinski definition) is 2. The third-order valence-electron chi connectivity index (χ3n) is 1.54. The van der Waals surface area contributed by atoms with Gasteiger partial charge in [0.2, 0.25) is 0 Å². The SMILES string of the molecule is C#CCN(C(=O)OC(C)I)C(C)(C)C. The van der Waals surface area contributed by atoms with E-state index in [1.165, 1.54) is 4.90 Å². The highest BCUT2D eigenvalue weighted by Gasteiger charge is 2.27. The summed E-state index contributed by atoms with van der Waals surface area (Å²) in [6.45, 7) is 7.83. The molecule has 0 aliphatic rings. The summed E-state index contributed by atoms with van der Waals surface area (Å²) >= 11 is 2.03. The lowest BCUT2D eigenvalue weighted by Gasteiger charge is -2.33. The Morgan fingerprint density at radius 3 is 2.43 bits per heavy atom. The molecule has 0 fully saturated rings. The predicted molar refractivity (Wildman–Crippen MR) is 65.3 cm³/mol. The van der Waals surface area contributed by atoms with Gasteiger partial charge >= 0.3 is 6.09 Å². The van der Waals surface area contributed by atoms with Crippen molar-refractivity contribution in [3.05, 3.63) is 0 Å². The van der Waals surface area contributed by atoms with Crippen LogP contribution < -0.4 is 0 Å². The minimum absolute atomic E-state index is 0.150. The Bertz CT molecular complexity index is 237. The first-order valence-corrected chi connectivity index (χ1v) is 5.59. The summed E-state index contributed by atoms with van der Waals surface area (Å²) in [5.41, 5.74) is -0.311. The van der Waals surface area contributed by atoms with Crippen LogP contribution in [-0.2, 0) is 4.74 Å². The smallest absolute Gasteiger partial charge is 0.412 e. The fourth-order valence-electron chi connectivity index (χ4n) is 0.869. The van der Waals surface area contributed by atoms with E-state index in [-0.39, 0.29) is 22.3 Å². The van der Waals surface area contributed by atoms with Crippen molar-refractivity contribution in [2.45, 2.75) is 37.3 Å². The van der Waals surface area contributed by atoms with Crippen molar-refractivity contribution in [3.8, 4) is 12.3 Å². The molecule has 0 saturated heterocycles. The molecule has 0 saturated carbocycles. The lowest BCUT2D eigenvalue weighted by molar-refractivity contribution is 0.0746. The molecule has 0 radical (unpaired) electrons.